The molecule has 0 aliphatic carbocycles. The second-order valence-corrected chi connectivity index (χ2v) is 7.27. The maximum absolute atomic E-state index is 12.5. The number of halogens is 1. The van der Waals surface area contributed by atoms with Crippen LogP contribution in [0.25, 0.3) is 6.08 Å². The fourth-order valence-corrected chi connectivity index (χ4v) is 3.44. The van der Waals surface area contributed by atoms with Crippen molar-refractivity contribution in [1.82, 2.24) is 5.06 Å². The number of nitrogens with zero attached hydrogens (tertiary/aromatic N) is 2. The van der Waals surface area contributed by atoms with Gasteiger partial charge in [-0.25, -0.2) is 0 Å². The van der Waals surface area contributed by atoms with Crippen molar-refractivity contribution in [3.63, 3.8) is 0 Å². The lowest BCUT2D eigenvalue weighted by Crippen LogP contribution is -2.38. The second kappa shape index (κ2) is 8.65. The van der Waals surface area contributed by atoms with Gasteiger partial charge in [0.25, 0.3) is 5.91 Å². The molecular weight excluding hydrogens is 418 g/mol. The number of allylic oxidation sites excluding steroid dienone is 1. The van der Waals surface area contributed by atoms with Gasteiger partial charge in [-0.15, -0.1) is 5.06 Å². The molecule has 0 aromatic heterocycles. The molecular formula is C23H20ClN3O4. The van der Waals surface area contributed by atoms with Gasteiger partial charge in [-0.3, -0.25) is 10.2 Å². The smallest absolute Gasteiger partial charge is 0.282 e. The lowest BCUT2D eigenvalue weighted by molar-refractivity contribution is -0.114. The summed E-state index contributed by atoms with van der Waals surface area (Å²) >= 11 is 6.49. The molecule has 0 unspecified atom stereocenters. The van der Waals surface area contributed by atoms with Crippen molar-refractivity contribution in [2.24, 2.45) is 4.99 Å². The number of nitrogens with one attached hydrogen (secondary N) is 1. The normalized spacial score (nSPS) is 16.6. The van der Waals surface area contributed by atoms with Crippen LogP contribution in [0.15, 0.2) is 64.9 Å². The molecule has 2 aromatic rings. The number of amides is 1. The van der Waals surface area contributed by atoms with Crippen molar-refractivity contribution in [1.29, 1.82) is 5.41 Å². The first-order chi connectivity index (χ1) is 15.0. The van der Waals surface area contributed by atoms with Gasteiger partial charge < -0.3 is 14.3 Å². The van der Waals surface area contributed by atoms with E-state index in [1.54, 1.807) is 25.1 Å². The van der Waals surface area contributed by atoms with Gasteiger partial charge in [0.2, 0.25) is 0 Å². The van der Waals surface area contributed by atoms with E-state index < -0.39 is 5.91 Å². The average Bonchev–Trinajstić information content (AvgIpc) is 3.12. The van der Waals surface area contributed by atoms with Crippen LogP contribution in [0.4, 0.5) is 0 Å². The van der Waals surface area contributed by atoms with Gasteiger partial charge in [0.05, 0.1) is 17.2 Å². The van der Waals surface area contributed by atoms with Gasteiger partial charge in [0, 0.05) is 6.08 Å². The summed E-state index contributed by atoms with van der Waals surface area (Å²) in [5, 5.41) is 9.89. The molecule has 0 bridgehead atoms. The van der Waals surface area contributed by atoms with Crippen LogP contribution in [0.2, 0.25) is 5.02 Å². The minimum absolute atomic E-state index is 0.0864. The van der Waals surface area contributed by atoms with Crippen LogP contribution in [0, 0.1) is 5.41 Å². The van der Waals surface area contributed by atoms with Gasteiger partial charge in [-0.05, 0) is 43.2 Å². The van der Waals surface area contributed by atoms with E-state index in [2.05, 4.69) is 4.99 Å². The Hall–Kier alpha value is -3.58. The van der Waals surface area contributed by atoms with E-state index in [-0.39, 0.29) is 11.4 Å². The zero-order valence-electron chi connectivity index (χ0n) is 17.0. The average molecular weight is 438 g/mol. The Morgan fingerprint density at radius 2 is 2.00 bits per heavy atom. The Bertz CT molecular complexity index is 1140. The highest BCUT2D eigenvalue weighted by Gasteiger charge is 2.34. The topological polar surface area (TPSA) is 84.2 Å². The molecule has 2 heterocycles. The summed E-state index contributed by atoms with van der Waals surface area (Å²) in [6.45, 7) is 4.33. The molecule has 0 saturated carbocycles. The molecule has 1 N–H and O–H groups in total. The van der Waals surface area contributed by atoms with E-state index in [1.807, 2.05) is 37.3 Å². The summed E-state index contributed by atoms with van der Waals surface area (Å²) in [5.74, 6) is 1.10. The number of hydroxylamine groups is 2. The molecule has 31 heavy (non-hydrogen) atoms. The fraction of sp³-hybridized carbons (Fsp3) is 0.174. The number of ether oxygens (including phenoxy) is 2. The van der Waals surface area contributed by atoms with E-state index in [0.29, 0.717) is 46.9 Å². The Kier molecular flexibility index (Phi) is 5.77. The molecule has 4 rings (SSSR count). The first-order valence-corrected chi connectivity index (χ1v) is 10.1. The Balaban J connectivity index is 1.63. The number of hydrogen-bond acceptors (Lipinski definition) is 5. The minimum Gasteiger partial charge on any atom is -0.490 e. The summed E-state index contributed by atoms with van der Waals surface area (Å²) in [5.41, 5.74) is 1.66. The summed E-state index contributed by atoms with van der Waals surface area (Å²) in [6, 6.07) is 13.1. The highest BCUT2D eigenvalue weighted by atomic mass is 35.5. The van der Waals surface area contributed by atoms with Gasteiger partial charge in [0.15, 0.2) is 23.2 Å². The lowest BCUT2D eigenvalue weighted by Gasteiger charge is -2.23. The number of fused-ring (bicyclic) bond motifs is 1. The van der Waals surface area contributed by atoms with Crippen LogP contribution < -0.4 is 9.47 Å². The van der Waals surface area contributed by atoms with E-state index in [1.165, 1.54) is 11.1 Å². The third kappa shape index (κ3) is 4.32. The third-order valence-corrected chi connectivity index (χ3v) is 4.83. The Labute approximate surface area is 184 Å². The molecule has 8 heteroatoms. The van der Waals surface area contributed by atoms with Gasteiger partial charge in [-0.1, -0.05) is 41.9 Å². The second-order valence-electron chi connectivity index (χ2n) is 6.86. The number of rotatable bonds is 6. The molecule has 2 aromatic carbocycles. The number of carbonyl (C=O) groups excluding carboxylic acids is 1. The molecule has 1 amide bonds. The predicted molar refractivity (Wildman–Crippen MR) is 118 cm³/mol. The maximum atomic E-state index is 12.5. The summed E-state index contributed by atoms with van der Waals surface area (Å²) in [6.07, 6.45) is 3.14. The summed E-state index contributed by atoms with van der Waals surface area (Å²) < 4.78 is 11.6. The lowest BCUT2D eigenvalue weighted by atomic mass is 10.1. The van der Waals surface area contributed by atoms with Crippen LogP contribution in [0.3, 0.4) is 0 Å². The number of hydrogen-bond donors (Lipinski definition) is 1. The maximum Gasteiger partial charge on any atom is 0.282 e. The Morgan fingerprint density at radius 3 is 2.74 bits per heavy atom. The largest absolute Gasteiger partial charge is 0.490 e. The van der Waals surface area contributed by atoms with Crippen molar-refractivity contribution in [3.05, 3.63) is 76.0 Å². The molecule has 0 radical (unpaired) electrons. The van der Waals surface area contributed by atoms with Gasteiger partial charge in [0.1, 0.15) is 12.4 Å². The van der Waals surface area contributed by atoms with E-state index >= 15 is 0 Å². The van der Waals surface area contributed by atoms with Crippen molar-refractivity contribution in [2.45, 2.75) is 20.5 Å². The third-order valence-electron chi connectivity index (χ3n) is 4.55. The zero-order valence-corrected chi connectivity index (χ0v) is 17.8. The van der Waals surface area contributed by atoms with E-state index in [9.17, 15) is 4.79 Å². The molecule has 0 atom stereocenters. The number of amidine groups is 2. The van der Waals surface area contributed by atoms with Crippen LogP contribution in [0.1, 0.15) is 25.0 Å². The minimum atomic E-state index is -0.524. The SMILES string of the molecule is CCOc1cc(/C=C2/C(=N)N3OC(C)=CC3=NC2=O)cc(Cl)c1OCc1ccccc1. The monoisotopic (exact) mass is 437 g/mol. The Morgan fingerprint density at radius 1 is 1.23 bits per heavy atom. The van der Waals surface area contributed by atoms with Crippen molar-refractivity contribution < 1.29 is 19.1 Å². The van der Waals surface area contributed by atoms with Crippen LogP contribution in [-0.2, 0) is 16.2 Å². The molecule has 0 saturated heterocycles. The summed E-state index contributed by atoms with van der Waals surface area (Å²) in [4.78, 5) is 21.9. The first kappa shape index (κ1) is 20.7. The van der Waals surface area contributed by atoms with Crippen molar-refractivity contribution in [2.75, 3.05) is 6.61 Å². The van der Waals surface area contributed by atoms with Crippen molar-refractivity contribution in [3.8, 4) is 11.5 Å². The molecule has 158 valence electrons. The highest BCUT2D eigenvalue weighted by Crippen LogP contribution is 2.38. The summed E-state index contributed by atoms with van der Waals surface area (Å²) in [7, 11) is 0. The number of carbonyl (C=O) groups is 1. The van der Waals surface area contributed by atoms with E-state index in [4.69, 9.17) is 31.3 Å². The number of aliphatic imine (C=N–C) groups is 1. The van der Waals surface area contributed by atoms with Crippen molar-refractivity contribution >= 4 is 35.3 Å². The molecule has 7 nitrogen and oxygen atoms in total. The fourth-order valence-electron chi connectivity index (χ4n) is 3.17. The standard InChI is InChI=1S/C23H20ClN3O4/c1-3-29-19-12-16(11-18(24)21(19)30-13-15-7-5-4-6-8-15)10-17-22(25)27-20(26-23(17)28)9-14(2)31-27/h4-12,25H,3,13H2,1-2H3/b17-10-,25-22?. The molecule has 2 aliphatic heterocycles. The zero-order chi connectivity index (χ0) is 22.0. The van der Waals surface area contributed by atoms with Crippen LogP contribution >= 0.6 is 11.6 Å². The van der Waals surface area contributed by atoms with E-state index in [0.717, 1.165) is 5.56 Å². The number of benzene rings is 2. The quantitative estimate of drug-likeness (QED) is 0.658. The molecule has 2 aliphatic rings. The first-order valence-electron chi connectivity index (χ1n) is 9.69. The van der Waals surface area contributed by atoms with Gasteiger partial charge in [-0.2, -0.15) is 4.99 Å². The molecule has 0 fully saturated rings. The predicted octanol–water partition coefficient (Wildman–Crippen LogP) is 4.77. The van der Waals surface area contributed by atoms with Crippen LogP contribution in [0.5, 0.6) is 11.5 Å². The van der Waals surface area contributed by atoms with Gasteiger partial charge >= 0.3 is 0 Å². The van der Waals surface area contributed by atoms with Crippen LogP contribution in [-0.4, -0.2) is 29.2 Å². The highest BCUT2D eigenvalue weighted by molar-refractivity contribution is 6.33. The molecule has 0 spiro atoms.